The molecule has 0 radical (unpaired) electrons. The van der Waals surface area contributed by atoms with Crippen molar-refractivity contribution in [2.75, 3.05) is 0 Å². The number of sulfonamides is 1. The maximum Gasteiger partial charge on any atom is 0.240 e. The van der Waals surface area contributed by atoms with Crippen LogP contribution in [0.4, 0.5) is 0 Å². The topological polar surface area (TPSA) is 104 Å². The predicted molar refractivity (Wildman–Crippen MR) is 107 cm³/mol. The van der Waals surface area contributed by atoms with E-state index in [0.717, 1.165) is 17.5 Å². The SMILES string of the molecule is Cc1ccc(S(=O)(=O)N[C@H]2C[C@@H](OCc3ccccc3)CC[C@@H]2N=[N+]=[N-])cc1. The first-order chi connectivity index (χ1) is 13.5. The third-order valence-corrected chi connectivity index (χ3v) is 6.44. The van der Waals surface area contributed by atoms with E-state index in [9.17, 15) is 8.42 Å². The summed E-state index contributed by atoms with van der Waals surface area (Å²) in [6.45, 7) is 2.37. The third kappa shape index (κ3) is 5.33. The Bertz CT molecular complexity index is 926. The van der Waals surface area contributed by atoms with Crippen LogP contribution >= 0.6 is 0 Å². The molecule has 1 aliphatic carbocycles. The summed E-state index contributed by atoms with van der Waals surface area (Å²) in [6.07, 6.45) is 1.65. The number of nitrogens with zero attached hydrogens (tertiary/aromatic N) is 3. The normalized spacial score (nSPS) is 22.4. The number of hydrogen-bond acceptors (Lipinski definition) is 4. The quantitative estimate of drug-likeness (QED) is 0.430. The Morgan fingerprint density at radius 2 is 1.86 bits per heavy atom. The molecule has 0 amide bonds. The van der Waals surface area contributed by atoms with Gasteiger partial charge in [0, 0.05) is 11.0 Å². The van der Waals surface area contributed by atoms with Crippen LogP contribution in [0, 0.1) is 6.92 Å². The molecular weight excluding hydrogens is 376 g/mol. The van der Waals surface area contributed by atoms with Gasteiger partial charge in [0.25, 0.3) is 0 Å². The number of azide groups is 1. The molecule has 0 saturated heterocycles. The number of ether oxygens (including phenoxy) is 1. The van der Waals surface area contributed by atoms with Gasteiger partial charge in [-0.2, -0.15) is 0 Å². The predicted octanol–water partition coefficient (Wildman–Crippen LogP) is 4.09. The van der Waals surface area contributed by atoms with Crippen LogP contribution in [0.2, 0.25) is 0 Å². The molecule has 1 N–H and O–H groups in total. The van der Waals surface area contributed by atoms with Gasteiger partial charge in [0.2, 0.25) is 10.0 Å². The minimum absolute atomic E-state index is 0.101. The molecule has 1 saturated carbocycles. The van der Waals surface area contributed by atoms with Crippen molar-refractivity contribution >= 4 is 10.0 Å². The molecule has 28 heavy (non-hydrogen) atoms. The van der Waals surface area contributed by atoms with Crippen LogP contribution in [-0.2, 0) is 21.4 Å². The summed E-state index contributed by atoms with van der Waals surface area (Å²) in [5, 5.41) is 3.81. The number of aryl methyl sites for hydroxylation is 1. The summed E-state index contributed by atoms with van der Waals surface area (Å²) < 4.78 is 34.2. The minimum atomic E-state index is -3.71. The van der Waals surface area contributed by atoms with Crippen LogP contribution < -0.4 is 4.72 Å². The molecule has 1 fully saturated rings. The number of rotatable bonds is 7. The van der Waals surface area contributed by atoms with Gasteiger partial charge >= 0.3 is 0 Å². The standard InChI is InChI=1S/C20H24N4O3S/c1-15-7-10-18(11-8-15)28(25,26)23-20-13-17(9-12-19(20)22-24-21)27-14-16-5-3-2-4-6-16/h2-8,10-11,17,19-20,23H,9,12-14H2,1H3/t17-,19-,20-/m0/s1. The van der Waals surface area contributed by atoms with Crippen molar-refractivity contribution in [3.05, 3.63) is 76.2 Å². The van der Waals surface area contributed by atoms with E-state index in [1.165, 1.54) is 0 Å². The fourth-order valence-corrected chi connectivity index (χ4v) is 4.65. The molecule has 0 bridgehead atoms. The first-order valence-corrected chi connectivity index (χ1v) is 10.7. The summed E-state index contributed by atoms with van der Waals surface area (Å²) in [7, 11) is -3.71. The van der Waals surface area contributed by atoms with Gasteiger partial charge in [-0.25, -0.2) is 13.1 Å². The summed E-state index contributed by atoms with van der Waals surface area (Å²) in [4.78, 5) is 3.09. The summed E-state index contributed by atoms with van der Waals surface area (Å²) in [6, 6.07) is 15.6. The Morgan fingerprint density at radius 3 is 2.54 bits per heavy atom. The van der Waals surface area contributed by atoms with Crippen molar-refractivity contribution in [3.63, 3.8) is 0 Å². The monoisotopic (exact) mass is 400 g/mol. The van der Waals surface area contributed by atoms with E-state index in [-0.39, 0.29) is 11.0 Å². The molecule has 3 rings (SSSR count). The maximum atomic E-state index is 12.8. The van der Waals surface area contributed by atoms with Crippen LogP contribution in [0.3, 0.4) is 0 Å². The molecule has 0 aliphatic heterocycles. The highest BCUT2D eigenvalue weighted by Gasteiger charge is 2.33. The Balaban J connectivity index is 1.69. The zero-order valence-corrected chi connectivity index (χ0v) is 16.5. The van der Waals surface area contributed by atoms with Gasteiger partial charge in [-0.15, -0.1) is 0 Å². The molecule has 148 valence electrons. The van der Waals surface area contributed by atoms with E-state index < -0.39 is 22.1 Å². The average molecular weight is 401 g/mol. The lowest BCUT2D eigenvalue weighted by Crippen LogP contribution is -2.47. The van der Waals surface area contributed by atoms with Crippen LogP contribution in [0.1, 0.15) is 30.4 Å². The second-order valence-electron chi connectivity index (χ2n) is 7.04. The smallest absolute Gasteiger partial charge is 0.240 e. The molecule has 0 aromatic heterocycles. The van der Waals surface area contributed by atoms with Gasteiger partial charge in [0.15, 0.2) is 0 Å². The van der Waals surface area contributed by atoms with Crippen molar-refractivity contribution in [1.29, 1.82) is 0 Å². The van der Waals surface area contributed by atoms with E-state index in [1.807, 2.05) is 37.3 Å². The van der Waals surface area contributed by atoms with Crippen LogP contribution in [0.25, 0.3) is 10.4 Å². The van der Waals surface area contributed by atoms with Crippen molar-refractivity contribution in [1.82, 2.24) is 4.72 Å². The molecule has 2 aromatic carbocycles. The highest BCUT2D eigenvalue weighted by atomic mass is 32.2. The average Bonchev–Trinajstić information content (AvgIpc) is 2.69. The molecule has 1 aliphatic rings. The Kier molecular flexibility index (Phi) is 6.70. The molecule has 0 heterocycles. The minimum Gasteiger partial charge on any atom is -0.373 e. The molecule has 8 heteroatoms. The van der Waals surface area contributed by atoms with Gasteiger partial charge < -0.3 is 4.74 Å². The molecule has 0 spiro atoms. The highest BCUT2D eigenvalue weighted by Crippen LogP contribution is 2.26. The first-order valence-electron chi connectivity index (χ1n) is 9.26. The Morgan fingerprint density at radius 1 is 1.14 bits per heavy atom. The lowest BCUT2D eigenvalue weighted by Gasteiger charge is -2.34. The van der Waals surface area contributed by atoms with Crippen molar-refractivity contribution in [2.45, 2.75) is 55.9 Å². The van der Waals surface area contributed by atoms with E-state index in [4.69, 9.17) is 10.3 Å². The molecule has 0 unspecified atom stereocenters. The highest BCUT2D eigenvalue weighted by molar-refractivity contribution is 7.89. The molecule has 3 atom stereocenters. The van der Waals surface area contributed by atoms with Crippen molar-refractivity contribution in [2.24, 2.45) is 5.11 Å². The Labute approximate surface area is 165 Å². The van der Waals surface area contributed by atoms with Crippen molar-refractivity contribution < 1.29 is 13.2 Å². The number of hydrogen-bond donors (Lipinski definition) is 1. The second kappa shape index (κ2) is 9.21. The maximum absolute atomic E-state index is 12.8. The molecule has 7 nitrogen and oxygen atoms in total. The van der Waals surface area contributed by atoms with E-state index in [0.29, 0.717) is 19.4 Å². The number of benzene rings is 2. The van der Waals surface area contributed by atoms with Gasteiger partial charge in [-0.05, 0) is 49.4 Å². The Hall–Kier alpha value is -2.38. The second-order valence-corrected chi connectivity index (χ2v) is 8.76. The van der Waals surface area contributed by atoms with Crippen LogP contribution in [0.5, 0.6) is 0 Å². The summed E-state index contributed by atoms with van der Waals surface area (Å²) in [5.41, 5.74) is 10.9. The molecular formula is C20H24N4O3S. The first kappa shape index (κ1) is 20.4. The van der Waals surface area contributed by atoms with E-state index >= 15 is 0 Å². The number of nitrogens with one attached hydrogen (secondary N) is 1. The summed E-state index contributed by atoms with van der Waals surface area (Å²) >= 11 is 0. The fraction of sp³-hybridized carbons (Fsp3) is 0.400. The zero-order chi connectivity index (χ0) is 20.0. The van der Waals surface area contributed by atoms with Gasteiger partial charge in [-0.1, -0.05) is 53.1 Å². The lowest BCUT2D eigenvalue weighted by atomic mass is 9.89. The van der Waals surface area contributed by atoms with Crippen molar-refractivity contribution in [3.8, 4) is 0 Å². The van der Waals surface area contributed by atoms with Gasteiger partial charge in [0.05, 0.1) is 23.6 Å². The van der Waals surface area contributed by atoms with E-state index in [1.54, 1.807) is 24.3 Å². The zero-order valence-electron chi connectivity index (χ0n) is 15.7. The summed E-state index contributed by atoms with van der Waals surface area (Å²) in [5.74, 6) is 0. The lowest BCUT2D eigenvalue weighted by molar-refractivity contribution is 0.00703. The van der Waals surface area contributed by atoms with E-state index in [2.05, 4.69) is 14.7 Å². The largest absolute Gasteiger partial charge is 0.373 e. The third-order valence-electron chi connectivity index (χ3n) is 4.93. The van der Waals surface area contributed by atoms with Gasteiger partial charge in [0.1, 0.15) is 0 Å². The van der Waals surface area contributed by atoms with Crippen LogP contribution in [-0.4, -0.2) is 26.6 Å². The van der Waals surface area contributed by atoms with Crippen LogP contribution in [0.15, 0.2) is 64.6 Å². The molecule has 2 aromatic rings. The van der Waals surface area contributed by atoms with Gasteiger partial charge in [-0.3, -0.25) is 0 Å². The fourth-order valence-electron chi connectivity index (χ4n) is 3.37.